The quantitative estimate of drug-likeness (QED) is 0.0167. The molecule has 0 fully saturated rings. The maximum Gasteiger partial charge on any atom is 0.326 e. The number of carboxylic acids is 1. The number of benzene rings is 1. The van der Waals surface area contributed by atoms with Crippen LogP contribution in [0.5, 0.6) is 0 Å². The van der Waals surface area contributed by atoms with Crippen LogP contribution >= 0.6 is 0 Å². The number of para-hydroxylation sites is 1. The zero-order chi connectivity index (χ0) is 87.9. The molecule has 0 spiro atoms. The van der Waals surface area contributed by atoms with E-state index in [9.17, 15) is 67.4 Å². The van der Waals surface area contributed by atoms with Crippen molar-refractivity contribution in [1.82, 2.24) is 68.8 Å². The average Bonchev–Trinajstić information content (AvgIpc) is 1.71. The molecule has 36 N–H and O–H groups in total. The van der Waals surface area contributed by atoms with Crippen LogP contribution < -0.4 is 127 Å². The lowest BCUT2D eigenvalue weighted by Crippen LogP contribution is -2.61. The van der Waals surface area contributed by atoms with Crippen molar-refractivity contribution >= 4 is 112 Å². The number of H-pyrrole nitrogens is 1. The Bertz CT molecular complexity index is 3630. The Hall–Kier alpha value is -11.2. The van der Waals surface area contributed by atoms with Gasteiger partial charge in [0.15, 0.2) is 23.8 Å². The number of carboxylic acid groups (broad SMARTS) is 1. The molecule has 658 valence electrons. The number of aliphatic imine (C=N–C) groups is 4. The van der Waals surface area contributed by atoms with Crippen LogP contribution in [0.1, 0.15) is 177 Å². The van der Waals surface area contributed by atoms with Gasteiger partial charge in [0, 0.05) is 49.7 Å². The second kappa shape index (κ2) is 55.4. The predicted octanol–water partition coefficient (Wildman–Crippen LogP) is -5.14. The number of aromatic amines is 1. The Labute approximate surface area is 684 Å². The van der Waals surface area contributed by atoms with Crippen LogP contribution in [0.2, 0.25) is 0 Å². The van der Waals surface area contributed by atoms with Gasteiger partial charge in [-0.25, -0.2) is 4.79 Å². The number of aromatic nitrogens is 1. The molecule has 12 amide bonds. The highest BCUT2D eigenvalue weighted by atomic mass is 16.4. The van der Waals surface area contributed by atoms with E-state index in [1.807, 2.05) is 13.8 Å². The summed E-state index contributed by atoms with van der Waals surface area (Å²) in [6, 6.07) is -7.68. The van der Waals surface area contributed by atoms with Gasteiger partial charge in [0.25, 0.3) is 0 Å². The summed E-state index contributed by atoms with van der Waals surface area (Å²) in [5.41, 5.74) is 63.2. The van der Waals surface area contributed by atoms with Crippen LogP contribution in [0.3, 0.4) is 0 Å². The molecule has 0 bridgehead atoms. The molecule has 0 radical (unpaired) electrons. The summed E-state index contributed by atoms with van der Waals surface area (Å²) in [6.45, 7) is 13.6. The van der Waals surface area contributed by atoms with Gasteiger partial charge in [0.1, 0.15) is 66.5 Å². The van der Waals surface area contributed by atoms with Crippen molar-refractivity contribution in [2.75, 3.05) is 52.4 Å². The molecule has 1 heterocycles. The molecule has 2 aromatic rings. The minimum absolute atomic E-state index is 0.00573. The zero-order valence-corrected chi connectivity index (χ0v) is 69.0. The number of nitrogens with zero attached hydrogens (tertiary/aromatic N) is 4. The minimum atomic E-state index is -1.44. The molecule has 0 aliphatic heterocycles. The monoisotopic (exact) mass is 1650 g/mol. The van der Waals surface area contributed by atoms with Crippen molar-refractivity contribution in [3.8, 4) is 0 Å². The van der Waals surface area contributed by atoms with Gasteiger partial charge in [-0.15, -0.1) is 0 Å². The summed E-state index contributed by atoms with van der Waals surface area (Å²) in [4.78, 5) is 203. The first-order valence-corrected chi connectivity index (χ1v) is 40.0. The fourth-order valence-electron chi connectivity index (χ4n) is 12.4. The Kier molecular flexibility index (Phi) is 48.3. The molecule has 0 unspecified atom stereocenters. The van der Waals surface area contributed by atoms with Crippen LogP contribution in [-0.2, 0) is 68.7 Å². The summed E-state index contributed by atoms with van der Waals surface area (Å²) in [6.07, 6.45) is 3.64. The minimum Gasteiger partial charge on any atom is -0.480 e. The molecule has 0 saturated carbocycles. The van der Waals surface area contributed by atoms with Crippen molar-refractivity contribution in [3.05, 3.63) is 36.0 Å². The molecule has 2 rings (SSSR count). The highest BCUT2D eigenvalue weighted by Gasteiger charge is 2.38. The molecule has 42 heteroatoms. The number of aliphatic carboxylic acids is 1. The number of nitrogens with two attached hydrogens (primary N) is 11. The first-order valence-electron chi connectivity index (χ1n) is 40.0. The van der Waals surface area contributed by atoms with Gasteiger partial charge < -0.3 is 137 Å². The summed E-state index contributed by atoms with van der Waals surface area (Å²) in [5.74, 6) is -13.3. The molecule has 42 nitrogen and oxygen atoms in total. The van der Waals surface area contributed by atoms with Crippen molar-refractivity contribution < 1.29 is 67.4 Å². The number of unbranched alkanes of at least 4 members (excludes halogenated alkanes) is 2. The molecule has 12 atom stereocenters. The second-order valence-corrected chi connectivity index (χ2v) is 30.2. The number of hydrogen-bond acceptors (Lipinski definition) is 20. The number of carbonyl (C=O) groups is 13. The van der Waals surface area contributed by atoms with Crippen LogP contribution in [0.15, 0.2) is 50.4 Å². The van der Waals surface area contributed by atoms with Crippen molar-refractivity contribution in [3.63, 3.8) is 0 Å². The summed E-state index contributed by atoms with van der Waals surface area (Å²) < 4.78 is 0. The molecular weight excluding hydrogens is 1520 g/mol. The maximum absolute atomic E-state index is 14.9. The van der Waals surface area contributed by atoms with Crippen LogP contribution in [0.25, 0.3) is 10.9 Å². The fourth-order valence-corrected chi connectivity index (χ4v) is 12.4. The SMILES string of the molecule is CC[C@H](C)[C@H](NC(=O)[C@H](CCCCN)NC(=O)[C@H](CCCN=C(N)N)NC(=O)[C@H](CC(C)C)NC(=O)[C@H](CC(C)C)NC(=O)[C@H](CCCN=C(N)N)NC(=O)[C@H](CC(C)C)NC(=O)CN)C(=O)N[C@@H](CCCN=C(N)N)C(=O)NCC(=O)N[C@@H](CCCN=C(N)N)C(=O)N[C@@H](Cc1c[nH]c2ccccc12)C(=O)N[C@@H](CCCCN)C(=O)O. The average molecular weight is 1650 g/mol. The van der Waals surface area contributed by atoms with Crippen molar-refractivity contribution in [1.29, 1.82) is 0 Å². The number of carbonyl (C=O) groups excluding carboxylic acids is 12. The molecule has 0 aliphatic rings. The lowest BCUT2D eigenvalue weighted by molar-refractivity contribution is -0.142. The summed E-state index contributed by atoms with van der Waals surface area (Å²) in [7, 11) is 0. The predicted molar refractivity (Wildman–Crippen MR) is 446 cm³/mol. The third-order valence-electron chi connectivity index (χ3n) is 18.6. The molecule has 0 saturated heterocycles. The standard InChI is InChI=1S/C75H134N28O14/c1-9-44(8)60(70(115)98-48(24-16-30-87-72(79)80)61(106)92-40-59(105)93-49(25-17-31-88-73(81)82)62(107)102-57(37-45-39-91-47-21-11-10-20-46(45)47)69(114)99-53(71(116)117)23-13-15-29-77)103-65(110)50(22-12-14-28-76)95-63(108)51(26-18-32-89-74(83)84)97-67(112)55(35-42(4)5)101-68(113)56(36-43(6)7)100-64(109)52(27-19-33-90-75(85)86)96-66(111)54(34-41(2)3)94-58(104)38-78/h10-11,20-21,39,41-44,48-57,60,91H,9,12-19,22-38,40,76-78H2,1-8H3,(H,92,106)(H,93,105)(H,94,104)(H,95,108)(H,96,111)(H,97,112)(H,98,115)(H,99,114)(H,100,109)(H,101,113)(H,102,107)(H,103,110)(H,116,117)(H4,79,80,87)(H4,81,82,88)(H4,83,84,89)(H4,85,86,90)/t44-,48-,49-,50-,51-,52-,53-,54-,55-,56-,57-,60-/m0/s1. The number of rotatable bonds is 59. The molecule has 1 aromatic heterocycles. The lowest BCUT2D eigenvalue weighted by Gasteiger charge is -2.30. The Morgan fingerprint density at radius 3 is 1.10 bits per heavy atom. The molecular formula is C75H134N28O14. The fraction of sp³-hybridized carbons (Fsp3) is 0.667. The summed E-state index contributed by atoms with van der Waals surface area (Å²) in [5, 5.41) is 42.9. The second-order valence-electron chi connectivity index (χ2n) is 30.2. The van der Waals surface area contributed by atoms with Crippen LogP contribution in [-0.4, -0.2) is 230 Å². The van der Waals surface area contributed by atoms with Crippen molar-refractivity contribution in [2.45, 2.75) is 244 Å². The van der Waals surface area contributed by atoms with E-state index in [0.29, 0.717) is 24.8 Å². The van der Waals surface area contributed by atoms with E-state index in [-0.39, 0.29) is 184 Å². The van der Waals surface area contributed by atoms with Crippen molar-refractivity contribution in [2.24, 2.45) is 107 Å². The number of hydrogen-bond donors (Lipinski definition) is 25. The van der Waals surface area contributed by atoms with Gasteiger partial charge >= 0.3 is 5.97 Å². The van der Waals surface area contributed by atoms with Gasteiger partial charge in [0.2, 0.25) is 70.9 Å². The number of guanidine groups is 4. The molecule has 0 aliphatic carbocycles. The van der Waals surface area contributed by atoms with Crippen LogP contribution in [0, 0.1) is 23.7 Å². The van der Waals surface area contributed by atoms with E-state index in [2.05, 4.69) is 88.8 Å². The van der Waals surface area contributed by atoms with E-state index in [1.165, 1.54) is 0 Å². The molecule has 1 aromatic carbocycles. The normalized spacial score (nSPS) is 14.2. The van der Waals surface area contributed by atoms with Gasteiger partial charge in [0.05, 0.1) is 13.1 Å². The van der Waals surface area contributed by atoms with Gasteiger partial charge in [-0.1, -0.05) is 80.0 Å². The van der Waals surface area contributed by atoms with Gasteiger partial charge in [-0.3, -0.25) is 77.5 Å². The van der Waals surface area contributed by atoms with Gasteiger partial charge in [-0.05, 0) is 158 Å². The lowest BCUT2D eigenvalue weighted by atomic mass is 9.96. The molecule has 117 heavy (non-hydrogen) atoms. The maximum atomic E-state index is 14.9. The Morgan fingerprint density at radius 1 is 0.385 bits per heavy atom. The third kappa shape index (κ3) is 41.3. The summed E-state index contributed by atoms with van der Waals surface area (Å²) >= 11 is 0. The number of nitrogens with one attached hydrogen (secondary N) is 13. The highest BCUT2D eigenvalue weighted by Crippen LogP contribution is 2.21. The third-order valence-corrected chi connectivity index (χ3v) is 18.6. The first kappa shape index (κ1) is 102. The highest BCUT2D eigenvalue weighted by molar-refractivity contribution is 6.00. The topological polar surface area (TPSA) is 738 Å². The van der Waals surface area contributed by atoms with Gasteiger partial charge in [-0.2, -0.15) is 0 Å². The number of fused-ring (bicyclic) bond motifs is 1. The Morgan fingerprint density at radius 2 is 0.709 bits per heavy atom. The van der Waals surface area contributed by atoms with E-state index >= 15 is 0 Å². The van der Waals surface area contributed by atoms with E-state index < -0.39 is 162 Å². The van der Waals surface area contributed by atoms with E-state index in [0.717, 1.165) is 10.9 Å². The smallest absolute Gasteiger partial charge is 0.326 e. The van der Waals surface area contributed by atoms with E-state index in [4.69, 9.17) is 63.1 Å². The van der Waals surface area contributed by atoms with Crippen LogP contribution in [0.4, 0.5) is 0 Å². The zero-order valence-electron chi connectivity index (χ0n) is 69.0. The largest absolute Gasteiger partial charge is 0.480 e. The number of amides is 12. The van der Waals surface area contributed by atoms with E-state index in [1.54, 1.807) is 72.0 Å². The first-order chi connectivity index (χ1) is 55.3. The Balaban J connectivity index is 2.60.